The maximum Gasteiger partial charge on any atom is 0 e. The molecule has 0 saturated heterocycles. The first-order valence-electron chi connectivity index (χ1n) is 0. The van der Waals surface area contributed by atoms with Gasteiger partial charge in [0, 0.05) is 98.1 Å². The first kappa shape index (κ1) is 40.8. The van der Waals surface area contributed by atoms with Crippen molar-refractivity contribution >= 4 is 86.6 Å². The van der Waals surface area contributed by atoms with Gasteiger partial charge in [0.25, 0.3) is 0 Å². The quantitative estimate of drug-likeness (QED) is 0.310. The Hall–Kier alpha value is 5.83. The van der Waals surface area contributed by atoms with Crippen LogP contribution in [0.5, 0.6) is 0 Å². The molecule has 0 amide bonds. The molecule has 1 nitrogen and oxygen atoms in total. The Labute approximate surface area is 178 Å². The van der Waals surface area contributed by atoms with Crippen LogP contribution in [0.3, 0.4) is 0 Å². The van der Waals surface area contributed by atoms with Gasteiger partial charge in [-0.05, 0) is 0 Å². The summed E-state index contributed by atoms with van der Waals surface area (Å²) >= 11 is 0. The molecule has 6 heteroatoms. The fourth-order valence-electron chi connectivity index (χ4n) is 0. The molecule has 0 unspecified atom stereocenters. The maximum absolute atomic E-state index is 0. The molecule has 0 aliphatic carbocycles. The van der Waals surface area contributed by atoms with E-state index in [1.807, 2.05) is 0 Å². The Morgan fingerprint density at radius 1 is 1.00 bits per heavy atom. The van der Waals surface area contributed by atoms with Gasteiger partial charge in [0.2, 0.25) is 0 Å². The van der Waals surface area contributed by atoms with E-state index >= 15 is 0 Å². The van der Waals surface area contributed by atoms with Gasteiger partial charge in [0.1, 0.15) is 0 Å². The summed E-state index contributed by atoms with van der Waals surface area (Å²) in [7, 11) is 0. The average molecular weight is 557 g/mol. The summed E-state index contributed by atoms with van der Waals surface area (Å²) in [5.74, 6) is 0. The Kier molecular flexibility index (Phi) is 209. The minimum Gasteiger partial charge on any atom is 0 e. The molecule has 4 radical (unpaired) electrons. The Balaban J connectivity index is 0. The summed E-state index contributed by atoms with van der Waals surface area (Å²) in [5.41, 5.74) is 0. The van der Waals surface area contributed by atoms with Crippen LogP contribution in [0.1, 0.15) is 0 Å². The molecule has 0 aliphatic heterocycles. The van der Waals surface area contributed by atoms with E-state index in [0.717, 1.165) is 0 Å². The average Bonchev–Trinajstić information content (AvgIpc) is 0. The Bertz CT molecular complexity index is 15.5. The number of hydrogen-bond acceptors (Lipinski definition) is 0. The van der Waals surface area contributed by atoms with Crippen LogP contribution in [0.4, 0.5) is 0 Å². The second-order valence-electron chi connectivity index (χ2n) is 0. The van der Waals surface area contributed by atoms with Gasteiger partial charge in [-0.25, -0.2) is 0 Å². The molecule has 0 rings (SSSR count). The van der Waals surface area contributed by atoms with Gasteiger partial charge < -0.3 is 0 Å². The van der Waals surface area contributed by atoms with Crippen LogP contribution in [-0.4, -0.2) is 86.6 Å². The van der Waals surface area contributed by atoms with Crippen molar-refractivity contribution < 1.29 is 98.1 Å². The second kappa shape index (κ2) is 30.8. The van der Waals surface area contributed by atoms with E-state index in [4.69, 9.17) is 0 Å². The van der Waals surface area contributed by atoms with Gasteiger partial charge >= 0.3 is 86.6 Å². The van der Waals surface area contributed by atoms with Gasteiger partial charge in [-0.3, -0.25) is 0 Å². The van der Waals surface area contributed by atoms with E-state index in [-0.39, 0.29) is 185 Å². The van der Waals surface area contributed by atoms with Gasteiger partial charge in [-0.1, -0.05) is 0 Å². The van der Waals surface area contributed by atoms with E-state index in [1.54, 1.807) is 0 Å². The van der Waals surface area contributed by atoms with Crippen LogP contribution >= 0.6 is 0 Å². The van der Waals surface area contributed by atoms with Crippen molar-refractivity contribution in [2.45, 2.75) is 0 Å². The summed E-state index contributed by atoms with van der Waals surface area (Å²) in [6.07, 6.45) is 0. The molecule has 0 aromatic carbocycles. The largest absolute Gasteiger partial charge is 0 e. The fourth-order valence-corrected chi connectivity index (χ4v) is 0. The molecule has 0 spiro atoms. The topological polar surface area (TPSA) is 28.5 Å². The molecule has 0 aliphatic rings. The molecule has 0 saturated carbocycles. The van der Waals surface area contributed by atoms with Crippen LogP contribution in [0.15, 0.2) is 0 Å². The van der Waals surface area contributed by atoms with Crippen LogP contribution in [0.25, 0.3) is 0 Å². The molecule has 0 bridgehead atoms. The van der Waals surface area contributed by atoms with Gasteiger partial charge in [-0.2, -0.15) is 0 Å². The normalized spacial score (nSPS) is 0. The third-order valence-corrected chi connectivity index (χ3v) is 0. The second-order valence-corrected chi connectivity index (χ2v) is 0. The molecular weight excluding hydrogens is 553 g/mol. The summed E-state index contributed by atoms with van der Waals surface area (Å²) in [6.45, 7) is 0. The minimum atomic E-state index is 0. The predicted molar refractivity (Wildman–Crippen MR) is 17.8 cm³/mol. The Morgan fingerprint density at radius 2 is 1.00 bits per heavy atom. The first-order chi connectivity index (χ1) is 0. The summed E-state index contributed by atoms with van der Waals surface area (Å²) in [4.78, 5) is 0. The molecule has 0 aromatic rings. The summed E-state index contributed by atoms with van der Waals surface area (Å²) in [5, 5.41) is 0. The molecule has 0 atom stereocenters. The van der Waals surface area contributed by atoms with E-state index in [2.05, 4.69) is 0 Å². The van der Waals surface area contributed by atoms with E-state index in [1.165, 1.54) is 0 Å². The predicted octanol–water partition coefficient (Wildman–Crippen LogP) is -1.95. The van der Waals surface area contributed by atoms with Crippen LogP contribution in [0.2, 0.25) is 0 Å². The van der Waals surface area contributed by atoms with Crippen LogP contribution in [0, 0.1) is 75.5 Å². The number of hydrogen-bond donors (Lipinski definition) is 0. The minimum absolute atomic E-state index is 0. The third kappa shape index (κ3) is 22.5. The fraction of sp³-hybridized carbons (Fsp3) is 0. The molecule has 36 valence electrons. The van der Waals surface area contributed by atoms with Crippen molar-refractivity contribution in [1.82, 2.24) is 0 Å². The van der Waals surface area contributed by atoms with Crippen molar-refractivity contribution in [3.8, 4) is 0 Å². The van der Waals surface area contributed by atoms with E-state index < -0.39 is 0 Å². The zero-order valence-corrected chi connectivity index (χ0v) is 8.48. The monoisotopic (exact) mass is 558 g/mol. The van der Waals surface area contributed by atoms with E-state index in [9.17, 15) is 0 Å². The molecule has 0 aromatic heterocycles. The van der Waals surface area contributed by atoms with Crippen LogP contribution in [-0.2, 0) is 22.5 Å². The molecule has 0 fully saturated rings. The van der Waals surface area contributed by atoms with Gasteiger partial charge in [0.15, 0.2) is 0 Å². The smallest absolute Gasteiger partial charge is 0 e. The zero-order valence-electron chi connectivity index (χ0n) is 1.64. The summed E-state index contributed by atoms with van der Waals surface area (Å²) in [6, 6.07) is 0. The Morgan fingerprint density at radius 3 is 1.00 bits per heavy atom. The summed E-state index contributed by atoms with van der Waals surface area (Å²) < 4.78 is 0. The first-order valence-corrected chi connectivity index (χ1v) is 0. The molecule has 0 heterocycles. The van der Waals surface area contributed by atoms with Crippen molar-refractivity contribution in [2.24, 2.45) is 0 Å². The third-order valence-electron chi connectivity index (χ3n) is 0. The van der Waals surface area contributed by atoms with Crippen LogP contribution < -0.4 is 0 Å². The molecule has 0 N–H and O–H groups in total. The standard InChI is InChI=1S/Ba.Ca.Cu.Gd.La.O.4H. The van der Waals surface area contributed by atoms with Crippen molar-refractivity contribution in [3.63, 3.8) is 0 Å². The van der Waals surface area contributed by atoms with Gasteiger partial charge in [-0.15, -0.1) is 0 Å². The SMILES string of the molecule is [BaH2].[CaH2].[Cu].[Gd].[La].[O]. The maximum atomic E-state index is 0. The molecule has 6 heavy (non-hydrogen) atoms. The van der Waals surface area contributed by atoms with E-state index in [0.29, 0.717) is 0 Å². The van der Waals surface area contributed by atoms with Crippen molar-refractivity contribution in [1.29, 1.82) is 0 Å². The van der Waals surface area contributed by atoms with Crippen molar-refractivity contribution in [2.75, 3.05) is 0 Å². The van der Waals surface area contributed by atoms with Crippen molar-refractivity contribution in [3.05, 3.63) is 0 Å². The number of rotatable bonds is 0. The zero-order chi connectivity index (χ0) is 0. The van der Waals surface area contributed by atoms with Gasteiger partial charge in [0.05, 0.1) is 0 Å². The molecular formula is H4BaCaCuGdLaO.